The molecule has 0 amide bonds. The van der Waals surface area contributed by atoms with Crippen molar-refractivity contribution in [3.05, 3.63) is 75.6 Å². The second-order valence-electron chi connectivity index (χ2n) is 6.09. The van der Waals surface area contributed by atoms with Crippen molar-refractivity contribution in [1.82, 2.24) is 4.90 Å². The minimum atomic E-state index is -0.355. The van der Waals surface area contributed by atoms with Crippen molar-refractivity contribution < 1.29 is 9.31 Å². The van der Waals surface area contributed by atoms with Gasteiger partial charge >= 0.3 is 0 Å². The van der Waals surface area contributed by atoms with Crippen LogP contribution < -0.4 is 0 Å². The molecule has 1 unspecified atom stereocenters. The van der Waals surface area contributed by atoms with Crippen LogP contribution in [0.15, 0.2) is 48.5 Å². The number of benzene rings is 2. The summed E-state index contributed by atoms with van der Waals surface area (Å²) in [4.78, 5) is 13.3. The Morgan fingerprint density at radius 2 is 1.72 bits per heavy atom. The SMILES string of the molecule is O=[N+]([O-])c1ccccc1C(C#Cc1ccc(F)cc1)N1CCCCC1. The van der Waals surface area contributed by atoms with E-state index in [9.17, 15) is 14.5 Å². The van der Waals surface area contributed by atoms with E-state index < -0.39 is 0 Å². The predicted octanol–water partition coefficient (Wildman–Crippen LogP) is 4.31. The molecule has 0 aromatic heterocycles. The fraction of sp³-hybridized carbons (Fsp3) is 0.300. The minimum Gasteiger partial charge on any atom is -0.286 e. The van der Waals surface area contributed by atoms with Crippen LogP contribution in [0.3, 0.4) is 0 Å². The number of likely N-dealkylation sites (tertiary alicyclic amines) is 1. The average molecular weight is 338 g/mol. The highest BCUT2D eigenvalue weighted by Gasteiger charge is 2.26. The van der Waals surface area contributed by atoms with E-state index in [1.165, 1.54) is 24.6 Å². The number of para-hydroxylation sites is 1. The molecule has 0 radical (unpaired) electrons. The van der Waals surface area contributed by atoms with Gasteiger partial charge in [0, 0.05) is 11.6 Å². The topological polar surface area (TPSA) is 46.4 Å². The molecular weight excluding hydrogens is 319 g/mol. The minimum absolute atomic E-state index is 0.0893. The average Bonchev–Trinajstić information content (AvgIpc) is 2.64. The molecule has 2 aromatic carbocycles. The molecule has 0 bridgehead atoms. The number of halogens is 1. The van der Waals surface area contributed by atoms with Crippen LogP contribution in [0, 0.1) is 27.8 Å². The molecule has 0 N–H and O–H groups in total. The molecular formula is C20H19FN2O2. The number of piperidine rings is 1. The predicted molar refractivity (Wildman–Crippen MR) is 94.5 cm³/mol. The second kappa shape index (κ2) is 7.91. The maximum absolute atomic E-state index is 13.1. The number of nitro groups is 1. The molecule has 0 spiro atoms. The summed E-state index contributed by atoms with van der Waals surface area (Å²) in [5.74, 6) is 5.93. The summed E-state index contributed by atoms with van der Waals surface area (Å²) in [6.07, 6.45) is 3.30. The van der Waals surface area contributed by atoms with Gasteiger partial charge in [0.2, 0.25) is 0 Å². The normalized spacial score (nSPS) is 15.9. The van der Waals surface area contributed by atoms with Gasteiger partial charge in [-0.05, 0) is 56.3 Å². The van der Waals surface area contributed by atoms with Crippen LogP contribution >= 0.6 is 0 Å². The van der Waals surface area contributed by atoms with Crippen LogP contribution in [-0.4, -0.2) is 22.9 Å². The Hall–Kier alpha value is -2.71. The fourth-order valence-electron chi connectivity index (χ4n) is 3.11. The summed E-state index contributed by atoms with van der Waals surface area (Å²) in [5.41, 5.74) is 1.40. The molecule has 128 valence electrons. The summed E-state index contributed by atoms with van der Waals surface area (Å²) >= 11 is 0. The zero-order valence-electron chi connectivity index (χ0n) is 13.8. The van der Waals surface area contributed by atoms with E-state index in [-0.39, 0.29) is 22.5 Å². The summed E-state index contributed by atoms with van der Waals surface area (Å²) in [6.45, 7) is 1.74. The van der Waals surface area contributed by atoms with Gasteiger partial charge in [-0.3, -0.25) is 15.0 Å². The highest BCUT2D eigenvalue weighted by molar-refractivity contribution is 5.47. The van der Waals surface area contributed by atoms with E-state index in [1.807, 2.05) is 0 Å². The van der Waals surface area contributed by atoms with Crippen molar-refractivity contribution >= 4 is 5.69 Å². The van der Waals surface area contributed by atoms with Crippen LogP contribution in [0.4, 0.5) is 10.1 Å². The van der Waals surface area contributed by atoms with Crippen molar-refractivity contribution in [2.75, 3.05) is 13.1 Å². The van der Waals surface area contributed by atoms with Crippen LogP contribution in [0.1, 0.15) is 36.4 Å². The van der Waals surface area contributed by atoms with E-state index in [1.54, 1.807) is 30.3 Å². The van der Waals surface area contributed by atoms with Crippen LogP contribution in [0.2, 0.25) is 0 Å². The summed E-state index contributed by atoms with van der Waals surface area (Å²) in [7, 11) is 0. The van der Waals surface area contributed by atoms with Crippen LogP contribution in [0.25, 0.3) is 0 Å². The lowest BCUT2D eigenvalue weighted by Crippen LogP contribution is -2.33. The van der Waals surface area contributed by atoms with E-state index in [4.69, 9.17) is 0 Å². The van der Waals surface area contributed by atoms with Gasteiger partial charge in [-0.25, -0.2) is 4.39 Å². The Bertz CT molecular complexity index is 802. The number of rotatable bonds is 3. The van der Waals surface area contributed by atoms with E-state index in [2.05, 4.69) is 16.7 Å². The Morgan fingerprint density at radius 3 is 2.40 bits per heavy atom. The van der Waals surface area contributed by atoms with Gasteiger partial charge in [-0.1, -0.05) is 30.4 Å². The van der Waals surface area contributed by atoms with Gasteiger partial charge in [0.1, 0.15) is 11.9 Å². The quantitative estimate of drug-likeness (QED) is 0.476. The maximum Gasteiger partial charge on any atom is 0.275 e. The molecule has 1 aliphatic heterocycles. The molecule has 0 aliphatic carbocycles. The van der Waals surface area contributed by atoms with Gasteiger partial charge in [0.15, 0.2) is 0 Å². The fourth-order valence-corrected chi connectivity index (χ4v) is 3.11. The Balaban J connectivity index is 1.99. The Labute approximate surface area is 146 Å². The molecule has 4 nitrogen and oxygen atoms in total. The Kier molecular flexibility index (Phi) is 5.42. The summed E-state index contributed by atoms with van der Waals surface area (Å²) in [6, 6.07) is 12.4. The third-order valence-corrected chi connectivity index (χ3v) is 4.38. The highest BCUT2D eigenvalue weighted by atomic mass is 19.1. The van der Waals surface area contributed by atoms with Crippen molar-refractivity contribution in [2.45, 2.75) is 25.3 Å². The van der Waals surface area contributed by atoms with Crippen molar-refractivity contribution in [3.8, 4) is 11.8 Å². The standard InChI is InChI=1S/C20H19FN2O2/c21-17-11-8-16(9-12-17)10-13-19(22-14-4-1-5-15-22)18-6-2-3-7-20(18)23(24)25/h2-3,6-9,11-12,19H,1,4-5,14-15H2. The zero-order valence-corrected chi connectivity index (χ0v) is 13.8. The first-order valence-electron chi connectivity index (χ1n) is 8.39. The smallest absolute Gasteiger partial charge is 0.275 e. The van der Waals surface area contributed by atoms with Crippen LogP contribution in [-0.2, 0) is 0 Å². The third-order valence-electron chi connectivity index (χ3n) is 4.38. The molecule has 0 saturated carbocycles. The molecule has 1 atom stereocenters. The van der Waals surface area contributed by atoms with Gasteiger partial charge in [-0.2, -0.15) is 0 Å². The van der Waals surface area contributed by atoms with E-state index in [0.29, 0.717) is 11.1 Å². The third kappa shape index (κ3) is 4.23. The lowest BCUT2D eigenvalue weighted by atomic mass is 10.00. The van der Waals surface area contributed by atoms with E-state index in [0.717, 1.165) is 25.9 Å². The largest absolute Gasteiger partial charge is 0.286 e. The number of nitro benzene ring substituents is 1. The molecule has 1 aliphatic rings. The lowest BCUT2D eigenvalue weighted by Gasteiger charge is -2.31. The Morgan fingerprint density at radius 1 is 1.04 bits per heavy atom. The molecule has 1 fully saturated rings. The molecule has 3 rings (SSSR count). The molecule has 5 heteroatoms. The monoisotopic (exact) mass is 338 g/mol. The van der Waals surface area contributed by atoms with Gasteiger partial charge in [-0.15, -0.1) is 0 Å². The zero-order chi connectivity index (χ0) is 17.6. The highest BCUT2D eigenvalue weighted by Crippen LogP contribution is 2.30. The number of nitrogens with zero attached hydrogens (tertiary/aromatic N) is 2. The molecule has 1 saturated heterocycles. The lowest BCUT2D eigenvalue weighted by molar-refractivity contribution is -0.385. The first kappa shape index (κ1) is 17.1. The maximum atomic E-state index is 13.1. The first-order valence-corrected chi connectivity index (χ1v) is 8.39. The summed E-state index contributed by atoms with van der Waals surface area (Å²) in [5, 5.41) is 11.4. The number of hydrogen-bond acceptors (Lipinski definition) is 3. The van der Waals surface area contributed by atoms with Gasteiger partial charge < -0.3 is 0 Å². The van der Waals surface area contributed by atoms with Crippen molar-refractivity contribution in [1.29, 1.82) is 0 Å². The molecule has 2 aromatic rings. The molecule has 25 heavy (non-hydrogen) atoms. The number of hydrogen-bond donors (Lipinski definition) is 0. The second-order valence-corrected chi connectivity index (χ2v) is 6.09. The molecule has 1 heterocycles. The summed E-state index contributed by atoms with van der Waals surface area (Å²) < 4.78 is 13.1. The van der Waals surface area contributed by atoms with Crippen molar-refractivity contribution in [2.24, 2.45) is 0 Å². The van der Waals surface area contributed by atoms with Crippen molar-refractivity contribution in [3.63, 3.8) is 0 Å². The first-order chi connectivity index (χ1) is 12.1. The van der Waals surface area contributed by atoms with Crippen LogP contribution in [0.5, 0.6) is 0 Å². The van der Waals surface area contributed by atoms with Gasteiger partial charge in [0.05, 0.1) is 10.5 Å². The van der Waals surface area contributed by atoms with E-state index >= 15 is 0 Å². The van der Waals surface area contributed by atoms with Gasteiger partial charge in [0.25, 0.3) is 5.69 Å².